The molecule has 0 saturated heterocycles. The van der Waals surface area contributed by atoms with E-state index < -0.39 is 0 Å². The highest BCUT2D eigenvalue weighted by molar-refractivity contribution is 6.03. The van der Waals surface area contributed by atoms with Crippen LogP contribution < -0.4 is 10.6 Å². The third-order valence-corrected chi connectivity index (χ3v) is 3.93. The Labute approximate surface area is 153 Å². The van der Waals surface area contributed by atoms with Crippen molar-refractivity contribution in [2.75, 3.05) is 10.6 Å². The van der Waals surface area contributed by atoms with Crippen LogP contribution in [0.2, 0.25) is 0 Å². The summed E-state index contributed by atoms with van der Waals surface area (Å²) in [6.45, 7) is 6.35. The molecule has 2 N–H and O–H groups in total. The SMILES string of the molecule is CC(C)(C)c1ccccc1NC(=O)c1cc(Nc2ccccc2)ncn1. The molecular formula is C21H22N4O. The molecule has 5 nitrogen and oxygen atoms in total. The zero-order valence-corrected chi connectivity index (χ0v) is 15.2. The zero-order chi connectivity index (χ0) is 18.6. The monoisotopic (exact) mass is 346 g/mol. The fourth-order valence-corrected chi connectivity index (χ4v) is 2.65. The van der Waals surface area contributed by atoms with Gasteiger partial charge in [0.15, 0.2) is 0 Å². The summed E-state index contributed by atoms with van der Waals surface area (Å²) in [5.41, 5.74) is 3.00. The molecule has 132 valence electrons. The highest BCUT2D eigenvalue weighted by Crippen LogP contribution is 2.29. The molecule has 0 aliphatic rings. The van der Waals surface area contributed by atoms with Crippen molar-refractivity contribution in [1.29, 1.82) is 0 Å². The highest BCUT2D eigenvalue weighted by Gasteiger charge is 2.19. The summed E-state index contributed by atoms with van der Waals surface area (Å²) in [6.07, 6.45) is 1.38. The lowest BCUT2D eigenvalue weighted by atomic mass is 9.86. The highest BCUT2D eigenvalue weighted by atomic mass is 16.1. The van der Waals surface area contributed by atoms with Crippen molar-refractivity contribution in [3.63, 3.8) is 0 Å². The quantitative estimate of drug-likeness (QED) is 0.714. The van der Waals surface area contributed by atoms with Crippen LogP contribution in [0.15, 0.2) is 67.0 Å². The number of nitrogens with one attached hydrogen (secondary N) is 2. The van der Waals surface area contributed by atoms with Crippen LogP contribution in [0.4, 0.5) is 17.2 Å². The van der Waals surface area contributed by atoms with Crippen molar-refractivity contribution in [2.24, 2.45) is 0 Å². The molecule has 1 heterocycles. The largest absolute Gasteiger partial charge is 0.340 e. The third kappa shape index (κ3) is 4.25. The van der Waals surface area contributed by atoms with Crippen molar-refractivity contribution in [1.82, 2.24) is 9.97 Å². The molecular weight excluding hydrogens is 324 g/mol. The van der Waals surface area contributed by atoms with E-state index in [1.807, 2.05) is 54.6 Å². The van der Waals surface area contributed by atoms with E-state index in [1.165, 1.54) is 6.33 Å². The van der Waals surface area contributed by atoms with E-state index in [-0.39, 0.29) is 11.3 Å². The molecule has 0 atom stereocenters. The number of nitrogens with zero attached hydrogens (tertiary/aromatic N) is 2. The number of anilines is 3. The maximum absolute atomic E-state index is 12.7. The minimum Gasteiger partial charge on any atom is -0.340 e. The number of carbonyl (C=O) groups is 1. The molecule has 26 heavy (non-hydrogen) atoms. The van der Waals surface area contributed by atoms with Crippen LogP contribution in [0, 0.1) is 0 Å². The zero-order valence-electron chi connectivity index (χ0n) is 15.2. The average molecular weight is 346 g/mol. The van der Waals surface area contributed by atoms with Crippen molar-refractivity contribution in [3.05, 3.63) is 78.2 Å². The Bertz CT molecular complexity index is 901. The summed E-state index contributed by atoms with van der Waals surface area (Å²) >= 11 is 0. The average Bonchev–Trinajstić information content (AvgIpc) is 2.62. The maximum Gasteiger partial charge on any atom is 0.274 e. The Morgan fingerprint density at radius 2 is 1.62 bits per heavy atom. The van der Waals surface area contributed by atoms with E-state index in [9.17, 15) is 4.79 Å². The smallest absolute Gasteiger partial charge is 0.274 e. The van der Waals surface area contributed by atoms with Gasteiger partial charge in [0, 0.05) is 17.4 Å². The second-order valence-corrected chi connectivity index (χ2v) is 7.03. The van der Waals surface area contributed by atoms with Crippen molar-refractivity contribution in [2.45, 2.75) is 26.2 Å². The first kappa shape index (κ1) is 17.6. The lowest BCUT2D eigenvalue weighted by molar-refractivity contribution is 0.102. The van der Waals surface area contributed by atoms with Gasteiger partial charge in [-0.3, -0.25) is 4.79 Å². The van der Waals surface area contributed by atoms with Gasteiger partial charge in [-0.1, -0.05) is 57.2 Å². The third-order valence-electron chi connectivity index (χ3n) is 3.93. The van der Waals surface area contributed by atoms with Gasteiger partial charge in [0.05, 0.1) is 0 Å². The predicted molar refractivity (Wildman–Crippen MR) is 105 cm³/mol. The van der Waals surface area contributed by atoms with Crippen LogP contribution in [0.1, 0.15) is 36.8 Å². The summed E-state index contributed by atoms with van der Waals surface area (Å²) < 4.78 is 0. The van der Waals surface area contributed by atoms with Gasteiger partial charge < -0.3 is 10.6 Å². The Morgan fingerprint density at radius 3 is 2.35 bits per heavy atom. The first-order chi connectivity index (χ1) is 12.4. The van der Waals surface area contributed by atoms with Gasteiger partial charge in [-0.25, -0.2) is 9.97 Å². The first-order valence-electron chi connectivity index (χ1n) is 8.48. The normalized spacial score (nSPS) is 11.0. The van der Waals surface area contributed by atoms with Gasteiger partial charge in [0.25, 0.3) is 5.91 Å². The number of amides is 1. The second kappa shape index (κ2) is 7.35. The fraction of sp³-hybridized carbons (Fsp3) is 0.190. The van der Waals surface area contributed by atoms with Gasteiger partial charge in [-0.15, -0.1) is 0 Å². The number of hydrogen-bond acceptors (Lipinski definition) is 4. The molecule has 0 saturated carbocycles. The summed E-state index contributed by atoms with van der Waals surface area (Å²) in [5, 5.41) is 6.14. The van der Waals surface area contributed by atoms with Gasteiger partial charge in [0.1, 0.15) is 17.8 Å². The number of hydrogen-bond donors (Lipinski definition) is 2. The maximum atomic E-state index is 12.7. The molecule has 5 heteroatoms. The molecule has 0 unspecified atom stereocenters. The second-order valence-electron chi connectivity index (χ2n) is 7.03. The summed E-state index contributed by atoms with van der Waals surface area (Å²) in [4.78, 5) is 21.0. The van der Waals surface area contributed by atoms with Crippen molar-refractivity contribution in [3.8, 4) is 0 Å². The van der Waals surface area contributed by atoms with Crippen LogP contribution in [-0.4, -0.2) is 15.9 Å². The summed E-state index contributed by atoms with van der Waals surface area (Å²) in [7, 11) is 0. The molecule has 0 bridgehead atoms. The van der Waals surface area contributed by atoms with Gasteiger partial charge >= 0.3 is 0 Å². The molecule has 0 radical (unpaired) electrons. The molecule has 3 rings (SSSR count). The van der Waals surface area contributed by atoms with E-state index in [0.717, 1.165) is 16.9 Å². The number of rotatable bonds is 4. The fourth-order valence-electron chi connectivity index (χ4n) is 2.65. The first-order valence-corrected chi connectivity index (χ1v) is 8.48. The lowest BCUT2D eigenvalue weighted by Gasteiger charge is -2.22. The van der Waals surface area contributed by atoms with Gasteiger partial charge in [0.2, 0.25) is 0 Å². The Balaban J connectivity index is 1.80. The van der Waals surface area contributed by atoms with E-state index in [0.29, 0.717) is 11.5 Å². The Morgan fingerprint density at radius 1 is 0.923 bits per heavy atom. The Kier molecular flexibility index (Phi) is 4.98. The Hall–Kier alpha value is -3.21. The molecule has 0 aliphatic heterocycles. The number of benzene rings is 2. The predicted octanol–water partition coefficient (Wildman–Crippen LogP) is 4.77. The lowest BCUT2D eigenvalue weighted by Crippen LogP contribution is -2.19. The molecule has 3 aromatic rings. The van der Waals surface area contributed by atoms with Gasteiger partial charge in [-0.05, 0) is 29.2 Å². The molecule has 2 aromatic carbocycles. The van der Waals surface area contributed by atoms with Crippen LogP contribution in [0.25, 0.3) is 0 Å². The summed E-state index contributed by atoms with van der Waals surface area (Å²) in [6, 6.07) is 19.1. The topological polar surface area (TPSA) is 66.9 Å². The molecule has 1 aromatic heterocycles. The molecule has 0 fully saturated rings. The molecule has 0 aliphatic carbocycles. The number of para-hydroxylation sites is 2. The van der Waals surface area contributed by atoms with Gasteiger partial charge in [-0.2, -0.15) is 0 Å². The van der Waals surface area contributed by atoms with Crippen LogP contribution in [0.3, 0.4) is 0 Å². The number of carbonyl (C=O) groups excluding carboxylic acids is 1. The van der Waals surface area contributed by atoms with Crippen LogP contribution in [-0.2, 0) is 5.41 Å². The standard InChI is InChI=1S/C21H22N4O/c1-21(2,3)16-11-7-8-12-17(16)25-20(26)18-13-19(23-14-22-18)24-15-9-5-4-6-10-15/h4-14H,1-3H3,(H,25,26)(H,22,23,24). The minimum atomic E-state index is -0.264. The van der Waals surface area contributed by atoms with E-state index in [1.54, 1.807) is 6.07 Å². The van der Waals surface area contributed by atoms with E-state index >= 15 is 0 Å². The van der Waals surface area contributed by atoms with Crippen LogP contribution in [0.5, 0.6) is 0 Å². The van der Waals surface area contributed by atoms with Crippen molar-refractivity contribution >= 4 is 23.1 Å². The van der Waals surface area contributed by atoms with E-state index in [2.05, 4.69) is 41.4 Å². The minimum absolute atomic E-state index is 0.0738. The molecule has 0 spiro atoms. The number of aromatic nitrogens is 2. The van der Waals surface area contributed by atoms with Crippen LogP contribution >= 0.6 is 0 Å². The van der Waals surface area contributed by atoms with E-state index in [4.69, 9.17) is 0 Å². The summed E-state index contributed by atoms with van der Waals surface area (Å²) in [5.74, 6) is 0.306. The molecule has 1 amide bonds. The van der Waals surface area contributed by atoms with Crippen molar-refractivity contribution < 1.29 is 4.79 Å².